The number of methoxy groups -OCH3 is 1. The highest BCUT2D eigenvalue weighted by Gasteiger charge is 2.28. The van der Waals surface area contributed by atoms with Crippen LogP contribution in [0.2, 0.25) is 0 Å². The Morgan fingerprint density at radius 3 is 2.82 bits per heavy atom. The fourth-order valence-corrected chi connectivity index (χ4v) is 2.31. The normalized spacial score (nSPS) is 17.3. The number of fused-ring (bicyclic) bond motifs is 1. The minimum Gasteiger partial charge on any atom is -0.468 e. The van der Waals surface area contributed by atoms with E-state index in [9.17, 15) is 4.79 Å². The highest BCUT2D eigenvalue weighted by molar-refractivity contribution is 5.76. The third-order valence-electron chi connectivity index (χ3n) is 3.30. The van der Waals surface area contributed by atoms with E-state index in [2.05, 4.69) is 23.1 Å². The van der Waals surface area contributed by atoms with Gasteiger partial charge in [-0.05, 0) is 17.5 Å². The summed E-state index contributed by atoms with van der Waals surface area (Å²) in [6, 6.07) is 8.00. The van der Waals surface area contributed by atoms with Gasteiger partial charge in [-0.25, -0.2) is 0 Å². The number of hydrogen-bond acceptors (Lipinski definition) is 4. The van der Waals surface area contributed by atoms with E-state index in [1.807, 2.05) is 6.07 Å². The van der Waals surface area contributed by atoms with Crippen molar-refractivity contribution in [1.82, 2.24) is 4.90 Å². The Balaban J connectivity index is 2.13. The van der Waals surface area contributed by atoms with Crippen LogP contribution in [0, 0.1) is 0 Å². The summed E-state index contributed by atoms with van der Waals surface area (Å²) < 4.78 is 4.78. The van der Waals surface area contributed by atoms with Crippen LogP contribution in [0.25, 0.3) is 0 Å². The monoisotopic (exact) mass is 234 g/mol. The molecule has 4 heteroatoms. The SMILES string of the molecule is COC(=O)C(CN)N1CCc2ccccc2C1. The number of rotatable bonds is 3. The molecular formula is C13H18N2O2. The molecule has 0 radical (unpaired) electrons. The molecule has 0 aliphatic carbocycles. The molecule has 1 atom stereocenters. The Morgan fingerprint density at radius 2 is 2.18 bits per heavy atom. The Hall–Kier alpha value is -1.39. The Labute approximate surface area is 101 Å². The van der Waals surface area contributed by atoms with Gasteiger partial charge >= 0.3 is 5.97 Å². The van der Waals surface area contributed by atoms with Crippen molar-refractivity contribution in [2.75, 3.05) is 20.2 Å². The second-order valence-corrected chi connectivity index (χ2v) is 4.26. The van der Waals surface area contributed by atoms with Crippen molar-refractivity contribution in [2.45, 2.75) is 19.0 Å². The van der Waals surface area contributed by atoms with Gasteiger partial charge in [0.2, 0.25) is 0 Å². The van der Waals surface area contributed by atoms with Gasteiger partial charge in [0.15, 0.2) is 0 Å². The van der Waals surface area contributed by atoms with Crippen molar-refractivity contribution in [3.05, 3.63) is 35.4 Å². The van der Waals surface area contributed by atoms with Gasteiger partial charge in [0.1, 0.15) is 6.04 Å². The molecule has 1 aromatic rings. The molecule has 0 fully saturated rings. The molecule has 1 heterocycles. The quantitative estimate of drug-likeness (QED) is 0.776. The third-order valence-corrected chi connectivity index (χ3v) is 3.30. The summed E-state index contributed by atoms with van der Waals surface area (Å²) in [5.41, 5.74) is 8.30. The van der Waals surface area contributed by atoms with E-state index in [0.717, 1.165) is 19.5 Å². The third kappa shape index (κ3) is 2.48. The van der Waals surface area contributed by atoms with Crippen LogP contribution in [-0.4, -0.2) is 37.1 Å². The lowest BCUT2D eigenvalue weighted by Crippen LogP contribution is -2.48. The molecule has 0 aromatic heterocycles. The summed E-state index contributed by atoms with van der Waals surface area (Å²) in [7, 11) is 1.41. The topological polar surface area (TPSA) is 55.6 Å². The molecule has 1 unspecified atom stereocenters. The van der Waals surface area contributed by atoms with E-state index in [-0.39, 0.29) is 12.0 Å². The first-order valence-corrected chi connectivity index (χ1v) is 5.85. The molecule has 0 bridgehead atoms. The number of hydrogen-bond donors (Lipinski definition) is 1. The van der Waals surface area contributed by atoms with Gasteiger partial charge < -0.3 is 10.5 Å². The summed E-state index contributed by atoms with van der Waals surface area (Å²) in [6.07, 6.45) is 0.962. The Kier molecular flexibility index (Phi) is 3.76. The van der Waals surface area contributed by atoms with E-state index >= 15 is 0 Å². The average molecular weight is 234 g/mol. The highest BCUT2D eigenvalue weighted by Crippen LogP contribution is 2.20. The van der Waals surface area contributed by atoms with Crippen molar-refractivity contribution in [1.29, 1.82) is 0 Å². The maximum Gasteiger partial charge on any atom is 0.324 e. The minimum atomic E-state index is -0.326. The molecule has 0 spiro atoms. The Bertz CT molecular complexity index is 406. The van der Waals surface area contributed by atoms with Crippen LogP contribution < -0.4 is 5.73 Å². The van der Waals surface area contributed by atoms with Crippen LogP contribution in [0.1, 0.15) is 11.1 Å². The van der Waals surface area contributed by atoms with E-state index in [1.54, 1.807) is 0 Å². The summed E-state index contributed by atoms with van der Waals surface area (Å²) in [6.45, 7) is 1.93. The first-order chi connectivity index (χ1) is 8.26. The smallest absolute Gasteiger partial charge is 0.324 e. The lowest BCUT2D eigenvalue weighted by atomic mass is 9.98. The zero-order chi connectivity index (χ0) is 12.3. The van der Waals surface area contributed by atoms with Crippen molar-refractivity contribution in [3.8, 4) is 0 Å². The largest absolute Gasteiger partial charge is 0.468 e. The molecule has 1 aliphatic rings. The van der Waals surface area contributed by atoms with E-state index < -0.39 is 0 Å². The van der Waals surface area contributed by atoms with Gasteiger partial charge in [-0.3, -0.25) is 9.69 Å². The zero-order valence-corrected chi connectivity index (χ0v) is 10.1. The molecular weight excluding hydrogens is 216 g/mol. The van der Waals surface area contributed by atoms with Crippen LogP contribution in [0.5, 0.6) is 0 Å². The van der Waals surface area contributed by atoms with Crippen molar-refractivity contribution < 1.29 is 9.53 Å². The van der Waals surface area contributed by atoms with Crippen molar-refractivity contribution >= 4 is 5.97 Å². The second kappa shape index (κ2) is 5.29. The molecule has 1 aliphatic heterocycles. The number of esters is 1. The fraction of sp³-hybridized carbons (Fsp3) is 0.462. The van der Waals surface area contributed by atoms with E-state index in [1.165, 1.54) is 18.2 Å². The zero-order valence-electron chi connectivity index (χ0n) is 10.1. The van der Waals surface area contributed by atoms with Crippen molar-refractivity contribution in [2.24, 2.45) is 5.73 Å². The number of benzene rings is 1. The van der Waals surface area contributed by atoms with Crippen molar-refractivity contribution in [3.63, 3.8) is 0 Å². The summed E-state index contributed by atoms with van der Waals surface area (Å²) >= 11 is 0. The maximum atomic E-state index is 11.6. The van der Waals surface area contributed by atoms with E-state index in [4.69, 9.17) is 10.5 Å². The molecule has 2 rings (SSSR count). The average Bonchev–Trinajstić information content (AvgIpc) is 2.39. The van der Waals surface area contributed by atoms with Gasteiger partial charge in [-0.1, -0.05) is 24.3 Å². The summed E-state index contributed by atoms with van der Waals surface area (Å²) in [5.74, 6) is -0.244. The highest BCUT2D eigenvalue weighted by atomic mass is 16.5. The molecule has 0 saturated heterocycles. The standard InChI is InChI=1S/C13H18N2O2/c1-17-13(16)12(8-14)15-7-6-10-4-2-3-5-11(10)9-15/h2-5,12H,6-9,14H2,1H3. The molecule has 0 saturated carbocycles. The van der Waals surface area contributed by atoms with Crippen LogP contribution >= 0.6 is 0 Å². The summed E-state index contributed by atoms with van der Waals surface area (Å²) in [4.78, 5) is 13.7. The van der Waals surface area contributed by atoms with Gasteiger partial charge in [0, 0.05) is 19.6 Å². The lowest BCUT2D eigenvalue weighted by Gasteiger charge is -2.33. The molecule has 1 aromatic carbocycles. The van der Waals surface area contributed by atoms with Gasteiger partial charge in [0.25, 0.3) is 0 Å². The molecule has 0 amide bonds. The fourth-order valence-electron chi connectivity index (χ4n) is 2.31. The predicted octanol–water partition coefficient (Wildman–Crippen LogP) is 0.545. The second-order valence-electron chi connectivity index (χ2n) is 4.26. The Morgan fingerprint density at radius 1 is 1.47 bits per heavy atom. The maximum absolute atomic E-state index is 11.6. The number of carbonyl (C=O) groups excluding carboxylic acids is 1. The van der Waals surface area contributed by atoms with Gasteiger partial charge in [0.05, 0.1) is 7.11 Å². The summed E-state index contributed by atoms with van der Waals surface area (Å²) in [5, 5.41) is 0. The molecule has 92 valence electrons. The molecule has 2 N–H and O–H groups in total. The van der Waals surface area contributed by atoms with Crippen LogP contribution in [0.3, 0.4) is 0 Å². The number of nitrogens with zero attached hydrogens (tertiary/aromatic N) is 1. The first kappa shape index (κ1) is 12.1. The first-order valence-electron chi connectivity index (χ1n) is 5.85. The van der Waals surface area contributed by atoms with Crippen LogP contribution in [0.15, 0.2) is 24.3 Å². The number of ether oxygens (including phenoxy) is 1. The van der Waals surface area contributed by atoms with E-state index in [0.29, 0.717) is 6.54 Å². The lowest BCUT2D eigenvalue weighted by molar-refractivity contribution is -0.147. The predicted molar refractivity (Wildman–Crippen MR) is 65.4 cm³/mol. The molecule has 17 heavy (non-hydrogen) atoms. The number of carbonyl (C=O) groups is 1. The minimum absolute atomic E-state index is 0.244. The molecule has 4 nitrogen and oxygen atoms in total. The number of nitrogens with two attached hydrogens (primary N) is 1. The van der Waals surface area contributed by atoms with Crippen LogP contribution in [-0.2, 0) is 22.5 Å². The van der Waals surface area contributed by atoms with Gasteiger partial charge in [-0.15, -0.1) is 0 Å². The van der Waals surface area contributed by atoms with Gasteiger partial charge in [-0.2, -0.15) is 0 Å². The van der Waals surface area contributed by atoms with Crippen LogP contribution in [0.4, 0.5) is 0 Å².